The molecular weight excluding hydrogens is 448 g/mol. The monoisotopic (exact) mass is 478 g/mol. The van der Waals surface area contributed by atoms with E-state index in [1.54, 1.807) is 36.4 Å². The lowest BCUT2D eigenvalue weighted by molar-refractivity contribution is -0.182. The molecule has 0 aliphatic rings. The molecule has 0 N–H and O–H groups in total. The lowest BCUT2D eigenvalue weighted by atomic mass is 10.1. The molecule has 2 aromatic carbocycles. The van der Waals surface area contributed by atoms with Gasteiger partial charge in [-0.2, -0.15) is 0 Å². The Hall–Kier alpha value is -3.50. The van der Waals surface area contributed by atoms with Crippen LogP contribution in [0.1, 0.15) is 11.1 Å². The van der Waals surface area contributed by atoms with E-state index in [2.05, 4.69) is 0 Å². The van der Waals surface area contributed by atoms with Crippen molar-refractivity contribution in [3.8, 4) is 23.0 Å². The Bertz CT molecular complexity index is 881. The minimum atomic E-state index is -1.38. The van der Waals surface area contributed by atoms with Crippen LogP contribution in [0.4, 0.5) is 0 Å². The molecule has 0 unspecified atom stereocenters. The number of rotatable bonds is 13. The van der Waals surface area contributed by atoms with E-state index in [0.717, 1.165) is 0 Å². The third kappa shape index (κ3) is 6.75. The van der Waals surface area contributed by atoms with Crippen molar-refractivity contribution in [1.82, 2.24) is 0 Å². The van der Waals surface area contributed by atoms with Gasteiger partial charge >= 0.3 is 11.9 Å². The number of carbonyl (C=O) groups excluding carboxylic acids is 2. The Morgan fingerprint density at radius 1 is 0.588 bits per heavy atom. The smallest absolute Gasteiger partial charge is 0.338 e. The highest BCUT2D eigenvalue weighted by Crippen LogP contribution is 2.29. The van der Waals surface area contributed by atoms with E-state index < -0.39 is 24.1 Å². The largest absolute Gasteiger partial charge is 0.493 e. The fourth-order valence-corrected chi connectivity index (χ4v) is 3.10. The Morgan fingerprint density at radius 2 is 0.941 bits per heavy atom. The lowest BCUT2D eigenvalue weighted by Crippen LogP contribution is -2.44. The molecule has 0 saturated heterocycles. The van der Waals surface area contributed by atoms with Gasteiger partial charge in [0.15, 0.2) is 35.2 Å². The molecule has 0 radical (unpaired) electrons. The number of benzene rings is 2. The van der Waals surface area contributed by atoms with Gasteiger partial charge in [-0.25, -0.2) is 9.59 Å². The summed E-state index contributed by atoms with van der Waals surface area (Å²) in [6.07, 6.45) is -2.77. The van der Waals surface area contributed by atoms with Crippen LogP contribution in [0.2, 0.25) is 0 Å². The first kappa shape index (κ1) is 26.7. The zero-order valence-corrected chi connectivity index (χ0v) is 20.1. The molecule has 10 heteroatoms. The fourth-order valence-electron chi connectivity index (χ4n) is 3.10. The highest BCUT2D eigenvalue weighted by Gasteiger charge is 2.38. The molecule has 0 aromatic heterocycles. The van der Waals surface area contributed by atoms with Crippen molar-refractivity contribution in [2.45, 2.75) is 25.4 Å². The molecule has 0 aliphatic heterocycles. The van der Waals surface area contributed by atoms with Crippen LogP contribution >= 0.6 is 0 Å². The molecule has 2 rings (SSSR count). The fraction of sp³-hybridized carbons (Fsp3) is 0.417. The molecule has 0 saturated carbocycles. The van der Waals surface area contributed by atoms with Crippen molar-refractivity contribution < 1.29 is 47.5 Å². The van der Waals surface area contributed by atoms with Gasteiger partial charge in [0, 0.05) is 0 Å². The summed E-state index contributed by atoms with van der Waals surface area (Å²) >= 11 is 0. The quantitative estimate of drug-likeness (QED) is 0.399. The highest BCUT2D eigenvalue weighted by atomic mass is 16.6. The molecule has 0 heterocycles. The molecular formula is C24H30O10. The standard InChI is InChI=1S/C24H30O10/c1-27-17-9-7-15(11-19(17)29-3)13-33-21(23(25)31-5)22(24(26)32-6)34-14-16-8-10-18(28-2)20(12-16)30-4/h7-12,21-22H,13-14H2,1-6H3/t21-,22-/m1/s1. The maximum absolute atomic E-state index is 12.5. The predicted molar refractivity (Wildman–Crippen MR) is 120 cm³/mol. The van der Waals surface area contributed by atoms with Crippen LogP contribution in [0.25, 0.3) is 0 Å². The van der Waals surface area contributed by atoms with Gasteiger partial charge in [-0.15, -0.1) is 0 Å². The van der Waals surface area contributed by atoms with Gasteiger partial charge in [0.05, 0.1) is 55.9 Å². The molecule has 0 amide bonds. The second-order valence-corrected chi connectivity index (χ2v) is 6.89. The lowest BCUT2D eigenvalue weighted by Gasteiger charge is -2.24. The highest BCUT2D eigenvalue weighted by molar-refractivity contribution is 5.85. The third-order valence-corrected chi connectivity index (χ3v) is 4.90. The summed E-state index contributed by atoms with van der Waals surface area (Å²) in [6, 6.07) is 10.3. The number of ether oxygens (including phenoxy) is 8. The minimum absolute atomic E-state index is 0.0344. The van der Waals surface area contributed by atoms with Crippen molar-refractivity contribution in [3.05, 3.63) is 47.5 Å². The van der Waals surface area contributed by atoms with Gasteiger partial charge in [0.1, 0.15) is 0 Å². The molecule has 2 aromatic rings. The normalized spacial score (nSPS) is 12.3. The van der Waals surface area contributed by atoms with Gasteiger partial charge in [0.25, 0.3) is 0 Å². The zero-order chi connectivity index (χ0) is 25.1. The summed E-state index contributed by atoms with van der Waals surface area (Å²) in [5.74, 6) is 0.495. The zero-order valence-electron chi connectivity index (χ0n) is 20.1. The van der Waals surface area contributed by atoms with E-state index >= 15 is 0 Å². The number of esters is 2. The molecule has 34 heavy (non-hydrogen) atoms. The number of hydrogen-bond acceptors (Lipinski definition) is 10. The molecule has 0 spiro atoms. The summed E-state index contributed by atoms with van der Waals surface area (Å²) in [5.41, 5.74) is 1.35. The summed E-state index contributed by atoms with van der Waals surface area (Å²) in [4.78, 5) is 25.0. The van der Waals surface area contributed by atoms with Gasteiger partial charge in [-0.3, -0.25) is 0 Å². The second kappa shape index (κ2) is 13.3. The van der Waals surface area contributed by atoms with Crippen molar-refractivity contribution in [2.75, 3.05) is 42.7 Å². The van der Waals surface area contributed by atoms with Crippen LogP contribution in [0.5, 0.6) is 23.0 Å². The number of hydrogen-bond donors (Lipinski definition) is 0. The van der Waals surface area contributed by atoms with Crippen molar-refractivity contribution in [1.29, 1.82) is 0 Å². The van der Waals surface area contributed by atoms with E-state index in [4.69, 9.17) is 37.9 Å². The Labute approximate surface area is 198 Å². The average Bonchev–Trinajstić information content (AvgIpc) is 2.88. The molecule has 10 nitrogen and oxygen atoms in total. The number of carbonyl (C=O) groups is 2. The van der Waals surface area contributed by atoms with E-state index in [-0.39, 0.29) is 13.2 Å². The first-order chi connectivity index (χ1) is 16.4. The van der Waals surface area contributed by atoms with Gasteiger partial charge in [-0.1, -0.05) is 12.1 Å². The summed E-state index contributed by atoms with van der Waals surface area (Å²) in [6.45, 7) is -0.0688. The van der Waals surface area contributed by atoms with Crippen molar-refractivity contribution in [3.63, 3.8) is 0 Å². The SMILES string of the molecule is COC(=O)[C@H](OCc1ccc(OC)c(OC)c1)[C@@H](OCc1ccc(OC)c(OC)c1)C(=O)OC. The molecule has 186 valence electrons. The van der Waals surface area contributed by atoms with Crippen LogP contribution in [-0.4, -0.2) is 66.8 Å². The first-order valence-corrected chi connectivity index (χ1v) is 10.2. The Balaban J connectivity index is 2.22. The van der Waals surface area contributed by atoms with E-state index in [0.29, 0.717) is 34.1 Å². The summed E-state index contributed by atoms with van der Waals surface area (Å²) in [5, 5.41) is 0. The number of methoxy groups -OCH3 is 6. The molecule has 0 aliphatic carbocycles. The van der Waals surface area contributed by atoms with Gasteiger partial charge < -0.3 is 37.9 Å². The maximum atomic E-state index is 12.5. The summed E-state index contributed by atoms with van der Waals surface area (Å²) < 4.78 is 42.2. The van der Waals surface area contributed by atoms with Crippen LogP contribution in [0, 0.1) is 0 Å². The minimum Gasteiger partial charge on any atom is -0.493 e. The topological polar surface area (TPSA) is 108 Å². The van der Waals surface area contributed by atoms with E-state index in [1.165, 1.54) is 42.7 Å². The van der Waals surface area contributed by atoms with Crippen molar-refractivity contribution in [2.24, 2.45) is 0 Å². The summed E-state index contributed by atoms with van der Waals surface area (Å²) in [7, 11) is 8.45. The molecule has 0 fully saturated rings. The van der Waals surface area contributed by atoms with Crippen LogP contribution in [0.15, 0.2) is 36.4 Å². The van der Waals surface area contributed by atoms with Crippen LogP contribution in [-0.2, 0) is 41.8 Å². The first-order valence-electron chi connectivity index (χ1n) is 10.2. The van der Waals surface area contributed by atoms with Gasteiger partial charge in [0.2, 0.25) is 0 Å². The predicted octanol–water partition coefficient (Wildman–Crippen LogP) is 2.54. The van der Waals surface area contributed by atoms with Crippen LogP contribution in [0.3, 0.4) is 0 Å². The van der Waals surface area contributed by atoms with Crippen LogP contribution < -0.4 is 18.9 Å². The van der Waals surface area contributed by atoms with E-state index in [1.807, 2.05) is 0 Å². The average molecular weight is 478 g/mol. The van der Waals surface area contributed by atoms with Gasteiger partial charge in [-0.05, 0) is 35.4 Å². The second-order valence-electron chi connectivity index (χ2n) is 6.89. The third-order valence-electron chi connectivity index (χ3n) is 4.90. The van der Waals surface area contributed by atoms with Crippen molar-refractivity contribution >= 4 is 11.9 Å². The Kier molecular flexibility index (Phi) is 10.4. The molecule has 0 bridgehead atoms. The van der Waals surface area contributed by atoms with E-state index in [9.17, 15) is 9.59 Å². The Morgan fingerprint density at radius 3 is 1.24 bits per heavy atom. The molecule has 2 atom stereocenters. The maximum Gasteiger partial charge on any atom is 0.338 e.